The molecule has 0 atom stereocenters. The van der Waals surface area contributed by atoms with Crippen molar-refractivity contribution in [2.24, 2.45) is 5.10 Å². The number of aryl methyl sites for hydroxylation is 1. The maximum atomic E-state index is 13.1. The van der Waals surface area contributed by atoms with Crippen molar-refractivity contribution >= 4 is 67.9 Å². The van der Waals surface area contributed by atoms with Crippen molar-refractivity contribution in [2.45, 2.75) is 20.0 Å². The Hall–Kier alpha value is -2.38. The highest BCUT2D eigenvalue weighted by molar-refractivity contribution is 9.10. The van der Waals surface area contributed by atoms with Crippen LogP contribution in [0.5, 0.6) is 5.75 Å². The summed E-state index contributed by atoms with van der Waals surface area (Å²) in [6.45, 7) is 2.19. The van der Waals surface area contributed by atoms with E-state index in [2.05, 4.69) is 26.0 Å². The van der Waals surface area contributed by atoms with Gasteiger partial charge in [0.05, 0.1) is 27.2 Å². The van der Waals surface area contributed by atoms with Crippen LogP contribution in [0.3, 0.4) is 0 Å². The van der Waals surface area contributed by atoms with E-state index in [1.807, 2.05) is 19.1 Å². The minimum absolute atomic E-state index is 0.255. The van der Waals surface area contributed by atoms with Crippen LogP contribution >= 0.6 is 50.7 Å². The smallest absolute Gasteiger partial charge is 0.282 e. The fraction of sp³-hybridized carbons (Fsp3) is 0.125. The molecule has 0 N–H and O–H groups in total. The highest BCUT2D eigenvalue weighted by Gasteiger charge is 2.11. The minimum atomic E-state index is -0.255. The number of hydrogen-bond acceptors (Lipinski definition) is 4. The Morgan fingerprint density at radius 3 is 2.64 bits per heavy atom. The third-order valence-corrected chi connectivity index (χ3v) is 6.32. The van der Waals surface area contributed by atoms with Crippen molar-refractivity contribution in [3.05, 3.63) is 101 Å². The molecule has 5 nitrogen and oxygen atoms in total. The summed E-state index contributed by atoms with van der Waals surface area (Å²) in [6.07, 6.45) is 2.08. The van der Waals surface area contributed by atoms with Gasteiger partial charge in [-0.2, -0.15) is 9.78 Å². The molecule has 0 spiro atoms. The molecule has 0 aliphatic heterocycles. The Morgan fingerprint density at radius 1 is 1.06 bits per heavy atom. The fourth-order valence-corrected chi connectivity index (χ4v) is 4.07. The summed E-state index contributed by atoms with van der Waals surface area (Å²) in [4.78, 5) is 17.7. The van der Waals surface area contributed by atoms with Crippen molar-refractivity contribution in [1.29, 1.82) is 0 Å². The summed E-state index contributed by atoms with van der Waals surface area (Å²) in [6, 6.07) is 15.9. The largest absolute Gasteiger partial charge is 0.488 e. The molecule has 0 aliphatic carbocycles. The van der Waals surface area contributed by atoms with Gasteiger partial charge in [0.2, 0.25) is 0 Å². The van der Waals surface area contributed by atoms with E-state index in [0.29, 0.717) is 49.5 Å². The summed E-state index contributed by atoms with van der Waals surface area (Å²) in [5.74, 6) is 1.10. The lowest BCUT2D eigenvalue weighted by molar-refractivity contribution is 0.306. The molecule has 0 fully saturated rings. The van der Waals surface area contributed by atoms with Crippen molar-refractivity contribution < 1.29 is 4.74 Å². The topological polar surface area (TPSA) is 56.5 Å². The number of rotatable bonds is 6. The first-order chi connectivity index (χ1) is 15.9. The Bertz CT molecular complexity index is 1440. The SMILES string of the molecule is CCc1nc2ccc(Br)cc2c(=O)n1N=Cc1cc(Cl)ccc1OCc1ccc(Cl)c(Cl)c1. The summed E-state index contributed by atoms with van der Waals surface area (Å²) >= 11 is 21.7. The van der Waals surface area contributed by atoms with Crippen LogP contribution in [0.1, 0.15) is 23.9 Å². The van der Waals surface area contributed by atoms with Crippen LogP contribution in [-0.4, -0.2) is 15.9 Å². The van der Waals surface area contributed by atoms with Gasteiger partial charge in [0.15, 0.2) is 0 Å². The Balaban J connectivity index is 1.69. The predicted octanol–water partition coefficient (Wildman–Crippen LogP) is 7.14. The molecule has 1 heterocycles. The van der Waals surface area contributed by atoms with Gasteiger partial charge in [-0.05, 0) is 54.1 Å². The molecule has 0 saturated heterocycles. The van der Waals surface area contributed by atoms with E-state index in [1.165, 1.54) is 4.68 Å². The van der Waals surface area contributed by atoms with Crippen LogP contribution in [-0.2, 0) is 13.0 Å². The van der Waals surface area contributed by atoms with Crippen molar-refractivity contribution in [2.75, 3.05) is 0 Å². The molecule has 9 heteroatoms. The third-order valence-electron chi connectivity index (χ3n) is 4.85. The minimum Gasteiger partial charge on any atom is -0.488 e. The quantitative estimate of drug-likeness (QED) is 0.234. The lowest BCUT2D eigenvalue weighted by atomic mass is 10.2. The van der Waals surface area contributed by atoms with Crippen molar-refractivity contribution in [3.63, 3.8) is 0 Å². The normalized spacial score (nSPS) is 11.4. The van der Waals surface area contributed by atoms with Gasteiger partial charge in [-0.15, -0.1) is 0 Å². The van der Waals surface area contributed by atoms with E-state index in [1.54, 1.807) is 48.7 Å². The molecule has 3 aromatic carbocycles. The van der Waals surface area contributed by atoms with Gasteiger partial charge < -0.3 is 4.74 Å². The highest BCUT2D eigenvalue weighted by Crippen LogP contribution is 2.26. The first-order valence-electron chi connectivity index (χ1n) is 9.97. The molecule has 0 unspecified atom stereocenters. The number of ether oxygens (including phenoxy) is 1. The summed E-state index contributed by atoms with van der Waals surface area (Å²) < 4.78 is 8.07. The predicted molar refractivity (Wildman–Crippen MR) is 138 cm³/mol. The average molecular weight is 566 g/mol. The van der Waals surface area contributed by atoms with E-state index in [9.17, 15) is 4.79 Å². The zero-order chi connectivity index (χ0) is 23.5. The molecule has 0 amide bonds. The van der Waals surface area contributed by atoms with Crippen LogP contribution in [0, 0.1) is 0 Å². The summed E-state index contributed by atoms with van der Waals surface area (Å²) in [7, 11) is 0. The second kappa shape index (κ2) is 10.3. The lowest BCUT2D eigenvalue weighted by Crippen LogP contribution is -2.22. The first-order valence-corrected chi connectivity index (χ1v) is 11.9. The molecule has 0 bridgehead atoms. The molecular weight excluding hydrogens is 549 g/mol. The first kappa shape index (κ1) is 23.8. The molecule has 1 aromatic heterocycles. The molecule has 33 heavy (non-hydrogen) atoms. The number of hydrogen-bond donors (Lipinski definition) is 0. The van der Waals surface area contributed by atoms with Gasteiger partial charge >= 0.3 is 0 Å². The molecule has 168 valence electrons. The van der Waals surface area contributed by atoms with E-state index < -0.39 is 0 Å². The van der Waals surface area contributed by atoms with Gasteiger partial charge in [0.1, 0.15) is 18.2 Å². The Kier molecular flexibility index (Phi) is 7.39. The number of fused-ring (bicyclic) bond motifs is 1. The van der Waals surface area contributed by atoms with Crippen LogP contribution in [0.2, 0.25) is 15.1 Å². The average Bonchev–Trinajstić information content (AvgIpc) is 2.80. The summed E-state index contributed by atoms with van der Waals surface area (Å²) in [5, 5.41) is 6.36. The van der Waals surface area contributed by atoms with Gasteiger partial charge in [-0.25, -0.2) is 4.98 Å². The number of benzene rings is 3. The van der Waals surface area contributed by atoms with Gasteiger partial charge in [-0.1, -0.05) is 63.7 Å². The Labute approximate surface area is 213 Å². The van der Waals surface area contributed by atoms with Crippen molar-refractivity contribution in [1.82, 2.24) is 9.66 Å². The van der Waals surface area contributed by atoms with E-state index in [-0.39, 0.29) is 12.2 Å². The molecular formula is C24H17BrCl3N3O2. The third kappa shape index (κ3) is 5.41. The maximum Gasteiger partial charge on any atom is 0.282 e. The van der Waals surface area contributed by atoms with E-state index in [0.717, 1.165) is 10.0 Å². The van der Waals surface area contributed by atoms with Gasteiger partial charge in [0.25, 0.3) is 5.56 Å². The molecule has 0 saturated carbocycles. The number of nitrogens with zero attached hydrogens (tertiary/aromatic N) is 3. The number of aromatic nitrogens is 2. The maximum absolute atomic E-state index is 13.1. The summed E-state index contributed by atoms with van der Waals surface area (Å²) in [5.41, 5.74) is 1.84. The lowest BCUT2D eigenvalue weighted by Gasteiger charge is -2.11. The van der Waals surface area contributed by atoms with E-state index >= 15 is 0 Å². The molecule has 0 aliphatic rings. The standard InChI is InChI=1S/C24H17BrCl3N3O2/c1-2-23-30-21-7-4-16(25)11-18(21)24(32)31(23)29-12-15-10-17(26)5-8-22(15)33-13-14-3-6-19(27)20(28)9-14/h3-12H,2,13H2,1H3. The van der Waals surface area contributed by atoms with Crippen LogP contribution in [0.4, 0.5) is 0 Å². The molecule has 4 rings (SSSR count). The second-order valence-electron chi connectivity index (χ2n) is 7.12. The van der Waals surface area contributed by atoms with Crippen LogP contribution in [0.25, 0.3) is 10.9 Å². The Morgan fingerprint density at radius 2 is 1.88 bits per heavy atom. The highest BCUT2D eigenvalue weighted by atomic mass is 79.9. The van der Waals surface area contributed by atoms with Crippen molar-refractivity contribution in [3.8, 4) is 5.75 Å². The zero-order valence-electron chi connectivity index (χ0n) is 17.4. The van der Waals surface area contributed by atoms with Crippen LogP contribution < -0.4 is 10.3 Å². The molecule has 4 aromatic rings. The fourth-order valence-electron chi connectivity index (χ4n) is 3.20. The number of halogens is 4. The second-order valence-corrected chi connectivity index (χ2v) is 9.29. The zero-order valence-corrected chi connectivity index (χ0v) is 21.2. The van der Waals surface area contributed by atoms with Gasteiger partial charge in [-0.3, -0.25) is 4.79 Å². The van der Waals surface area contributed by atoms with Crippen LogP contribution in [0.15, 0.2) is 69.0 Å². The molecule has 0 radical (unpaired) electrons. The van der Waals surface area contributed by atoms with E-state index in [4.69, 9.17) is 39.5 Å². The van der Waals surface area contributed by atoms with Gasteiger partial charge in [0, 0.05) is 21.5 Å². The monoisotopic (exact) mass is 563 g/mol.